The van der Waals surface area contributed by atoms with Gasteiger partial charge in [-0.25, -0.2) is 14.4 Å². The van der Waals surface area contributed by atoms with Crippen LogP contribution in [0.2, 0.25) is 0 Å². The van der Waals surface area contributed by atoms with Gasteiger partial charge >= 0.3 is 0 Å². The van der Waals surface area contributed by atoms with Gasteiger partial charge in [0.05, 0.1) is 5.52 Å². The Kier molecular flexibility index (Phi) is 6.11. The third kappa shape index (κ3) is 4.74. The quantitative estimate of drug-likeness (QED) is 0.596. The molecule has 2 heterocycles. The van der Waals surface area contributed by atoms with Gasteiger partial charge in [0.2, 0.25) is 11.9 Å². The third-order valence-electron chi connectivity index (χ3n) is 5.57. The van der Waals surface area contributed by atoms with E-state index in [-0.39, 0.29) is 23.7 Å². The molecule has 2 amide bonds. The maximum atomic E-state index is 13.3. The maximum absolute atomic E-state index is 13.3. The standard InChI is InChI=1S/C24H24FN5O2/c1-3-22(31)28-20-6-4-16(12-15(20)2)23(32)30-10-8-19(9-11-30)27-24-26-14-17-13-18(25)5-7-21(17)29-24/h3-7,12-14,19H,1,8-11H2,2H3,(H,28,31)(H,26,27,29). The van der Waals surface area contributed by atoms with Crippen LogP contribution in [0.15, 0.2) is 55.3 Å². The zero-order valence-electron chi connectivity index (χ0n) is 17.8. The number of carbonyl (C=O) groups is 2. The van der Waals surface area contributed by atoms with Gasteiger partial charge in [-0.05, 0) is 67.8 Å². The van der Waals surface area contributed by atoms with E-state index in [1.54, 1.807) is 30.5 Å². The molecule has 0 bridgehead atoms. The normalized spacial score (nSPS) is 14.2. The van der Waals surface area contributed by atoms with Crippen LogP contribution in [0.1, 0.15) is 28.8 Å². The molecule has 0 aliphatic carbocycles. The van der Waals surface area contributed by atoms with Crippen LogP contribution < -0.4 is 10.6 Å². The highest BCUT2D eigenvalue weighted by atomic mass is 19.1. The smallest absolute Gasteiger partial charge is 0.253 e. The largest absolute Gasteiger partial charge is 0.351 e. The summed E-state index contributed by atoms with van der Waals surface area (Å²) in [5, 5.41) is 6.71. The number of carbonyl (C=O) groups excluding carboxylic acids is 2. The second kappa shape index (κ2) is 9.13. The molecule has 0 atom stereocenters. The van der Waals surface area contributed by atoms with E-state index in [1.165, 1.54) is 18.2 Å². The Bertz CT molecular complexity index is 1190. The van der Waals surface area contributed by atoms with E-state index in [0.717, 1.165) is 18.4 Å². The molecule has 4 rings (SSSR count). The van der Waals surface area contributed by atoms with Crippen LogP contribution >= 0.6 is 0 Å². The molecule has 8 heteroatoms. The van der Waals surface area contributed by atoms with E-state index in [4.69, 9.17) is 0 Å². The Balaban J connectivity index is 1.35. The number of likely N-dealkylation sites (tertiary alicyclic amines) is 1. The second-order valence-corrected chi connectivity index (χ2v) is 7.83. The lowest BCUT2D eigenvalue weighted by molar-refractivity contribution is -0.111. The summed E-state index contributed by atoms with van der Waals surface area (Å²) in [5.41, 5.74) is 2.75. The fourth-order valence-electron chi connectivity index (χ4n) is 3.79. The van der Waals surface area contributed by atoms with Crippen molar-refractivity contribution in [2.24, 2.45) is 0 Å². The van der Waals surface area contributed by atoms with Crippen molar-refractivity contribution in [1.29, 1.82) is 0 Å². The monoisotopic (exact) mass is 433 g/mol. The molecule has 2 aromatic carbocycles. The molecule has 7 nitrogen and oxygen atoms in total. The molecule has 2 N–H and O–H groups in total. The fraction of sp³-hybridized carbons (Fsp3) is 0.250. The van der Waals surface area contributed by atoms with Crippen LogP contribution in [0, 0.1) is 12.7 Å². The first kappa shape index (κ1) is 21.4. The molecule has 3 aromatic rings. The number of rotatable bonds is 5. The Morgan fingerprint density at radius 2 is 1.97 bits per heavy atom. The molecular weight excluding hydrogens is 409 g/mol. The third-order valence-corrected chi connectivity index (χ3v) is 5.57. The molecule has 1 fully saturated rings. The van der Waals surface area contributed by atoms with Crippen LogP contribution in [0.4, 0.5) is 16.0 Å². The minimum Gasteiger partial charge on any atom is -0.351 e. The van der Waals surface area contributed by atoms with Gasteiger partial charge in [-0.15, -0.1) is 0 Å². The summed E-state index contributed by atoms with van der Waals surface area (Å²) in [6.07, 6.45) is 4.35. The molecular formula is C24H24FN5O2. The molecule has 0 radical (unpaired) electrons. The molecule has 1 aliphatic rings. The maximum Gasteiger partial charge on any atom is 0.253 e. The average Bonchev–Trinajstić information content (AvgIpc) is 2.80. The van der Waals surface area contributed by atoms with Crippen molar-refractivity contribution in [1.82, 2.24) is 14.9 Å². The summed E-state index contributed by atoms with van der Waals surface area (Å²) in [7, 11) is 0. The zero-order valence-corrected chi connectivity index (χ0v) is 17.8. The zero-order chi connectivity index (χ0) is 22.7. The number of nitrogens with zero attached hydrogens (tertiary/aromatic N) is 3. The van der Waals surface area contributed by atoms with Gasteiger partial charge in [-0.1, -0.05) is 6.58 Å². The highest BCUT2D eigenvalue weighted by molar-refractivity contribution is 6.00. The van der Waals surface area contributed by atoms with E-state index < -0.39 is 0 Å². The predicted molar refractivity (Wildman–Crippen MR) is 122 cm³/mol. The lowest BCUT2D eigenvalue weighted by Crippen LogP contribution is -2.42. The minimum absolute atomic E-state index is 0.0304. The lowest BCUT2D eigenvalue weighted by atomic mass is 10.0. The van der Waals surface area contributed by atoms with Crippen molar-refractivity contribution in [3.63, 3.8) is 0 Å². The van der Waals surface area contributed by atoms with Crippen LogP contribution in [-0.4, -0.2) is 45.8 Å². The number of nitrogens with one attached hydrogen (secondary N) is 2. The van der Waals surface area contributed by atoms with E-state index in [1.807, 2.05) is 11.8 Å². The number of halogens is 1. The SMILES string of the molecule is C=CC(=O)Nc1ccc(C(=O)N2CCC(Nc3ncc4cc(F)ccc4n3)CC2)cc1C. The van der Waals surface area contributed by atoms with Crippen LogP contribution in [0.5, 0.6) is 0 Å². The number of anilines is 2. The molecule has 1 aliphatic heterocycles. The molecule has 164 valence electrons. The van der Waals surface area contributed by atoms with Gasteiger partial charge < -0.3 is 15.5 Å². The fourth-order valence-corrected chi connectivity index (χ4v) is 3.79. The van der Waals surface area contributed by atoms with E-state index in [0.29, 0.717) is 41.2 Å². The number of aromatic nitrogens is 2. The van der Waals surface area contributed by atoms with Crippen molar-refractivity contribution in [2.45, 2.75) is 25.8 Å². The number of fused-ring (bicyclic) bond motifs is 1. The van der Waals surface area contributed by atoms with Crippen molar-refractivity contribution in [2.75, 3.05) is 23.7 Å². The van der Waals surface area contributed by atoms with Crippen molar-refractivity contribution in [3.8, 4) is 0 Å². The Morgan fingerprint density at radius 3 is 2.69 bits per heavy atom. The molecule has 1 aromatic heterocycles. The lowest BCUT2D eigenvalue weighted by Gasteiger charge is -2.32. The number of piperidine rings is 1. The van der Waals surface area contributed by atoms with Gasteiger partial charge in [0.1, 0.15) is 5.82 Å². The highest BCUT2D eigenvalue weighted by Crippen LogP contribution is 2.21. The van der Waals surface area contributed by atoms with Gasteiger partial charge in [-0.3, -0.25) is 9.59 Å². The van der Waals surface area contributed by atoms with Crippen molar-refractivity contribution < 1.29 is 14.0 Å². The minimum atomic E-state index is -0.315. The first-order chi connectivity index (χ1) is 15.4. The molecule has 1 saturated heterocycles. The summed E-state index contributed by atoms with van der Waals surface area (Å²) in [5.74, 6) is -0.131. The Hall–Kier alpha value is -3.81. The average molecular weight is 433 g/mol. The molecule has 0 spiro atoms. The summed E-state index contributed by atoms with van der Waals surface area (Å²) >= 11 is 0. The first-order valence-electron chi connectivity index (χ1n) is 10.4. The Labute approximate surface area is 185 Å². The summed E-state index contributed by atoms with van der Waals surface area (Å²) in [6, 6.07) is 9.82. The van der Waals surface area contributed by atoms with Crippen LogP contribution in [0.25, 0.3) is 10.9 Å². The van der Waals surface area contributed by atoms with Crippen LogP contribution in [0.3, 0.4) is 0 Å². The molecule has 32 heavy (non-hydrogen) atoms. The first-order valence-corrected chi connectivity index (χ1v) is 10.4. The van der Waals surface area contributed by atoms with Crippen molar-refractivity contribution in [3.05, 3.63) is 72.2 Å². The van der Waals surface area contributed by atoms with Gasteiger partial charge in [0.15, 0.2) is 0 Å². The van der Waals surface area contributed by atoms with Gasteiger partial charge in [0, 0.05) is 42.0 Å². The topological polar surface area (TPSA) is 87.2 Å². The Morgan fingerprint density at radius 1 is 1.19 bits per heavy atom. The molecule has 0 saturated carbocycles. The summed E-state index contributed by atoms with van der Waals surface area (Å²) in [4.78, 5) is 35.0. The molecule has 0 unspecified atom stereocenters. The second-order valence-electron chi connectivity index (χ2n) is 7.83. The van der Waals surface area contributed by atoms with E-state index >= 15 is 0 Å². The van der Waals surface area contributed by atoms with E-state index in [2.05, 4.69) is 27.2 Å². The summed E-state index contributed by atoms with van der Waals surface area (Å²) < 4.78 is 13.3. The number of amides is 2. The van der Waals surface area contributed by atoms with Crippen molar-refractivity contribution >= 4 is 34.4 Å². The van der Waals surface area contributed by atoms with Gasteiger partial charge in [0.25, 0.3) is 5.91 Å². The van der Waals surface area contributed by atoms with Gasteiger partial charge in [-0.2, -0.15) is 0 Å². The van der Waals surface area contributed by atoms with Crippen LogP contribution in [-0.2, 0) is 4.79 Å². The summed E-state index contributed by atoms with van der Waals surface area (Å²) in [6.45, 7) is 6.52. The number of benzene rings is 2. The number of hydrogen-bond donors (Lipinski definition) is 2. The van der Waals surface area contributed by atoms with E-state index in [9.17, 15) is 14.0 Å². The highest BCUT2D eigenvalue weighted by Gasteiger charge is 2.24. The number of hydrogen-bond acceptors (Lipinski definition) is 5. The number of aryl methyl sites for hydroxylation is 1. The predicted octanol–water partition coefficient (Wildman–Crippen LogP) is 3.92.